The number of likely N-dealkylation sites (N-methyl/N-ethyl adjacent to an activating group) is 1. The van der Waals surface area contributed by atoms with Crippen molar-refractivity contribution in [1.82, 2.24) is 4.90 Å². The van der Waals surface area contributed by atoms with Gasteiger partial charge in [-0.05, 0) is 38.4 Å². The molecule has 1 rings (SSSR count). The SMILES string of the molecule is CN(C)CCOc1ccc(Br)cc1C=CC(=O)O. The van der Waals surface area contributed by atoms with Crippen LogP contribution in [0, 0.1) is 0 Å². The summed E-state index contributed by atoms with van der Waals surface area (Å²) in [7, 11) is 3.94. The highest BCUT2D eigenvalue weighted by Gasteiger charge is 2.03. The highest BCUT2D eigenvalue weighted by atomic mass is 79.9. The molecule has 0 fully saturated rings. The molecule has 98 valence electrons. The highest BCUT2D eigenvalue weighted by Crippen LogP contribution is 2.24. The van der Waals surface area contributed by atoms with Gasteiger partial charge in [0.05, 0.1) is 0 Å². The van der Waals surface area contributed by atoms with Crippen LogP contribution >= 0.6 is 15.9 Å². The lowest BCUT2D eigenvalue weighted by atomic mass is 10.2. The van der Waals surface area contributed by atoms with E-state index in [9.17, 15) is 4.79 Å². The van der Waals surface area contributed by atoms with Crippen molar-refractivity contribution < 1.29 is 14.6 Å². The van der Waals surface area contributed by atoms with E-state index in [-0.39, 0.29) is 0 Å². The van der Waals surface area contributed by atoms with E-state index in [2.05, 4.69) is 15.9 Å². The van der Waals surface area contributed by atoms with Gasteiger partial charge in [0.25, 0.3) is 0 Å². The zero-order chi connectivity index (χ0) is 13.5. The first-order valence-electron chi connectivity index (χ1n) is 5.47. The molecule has 0 aliphatic carbocycles. The predicted molar refractivity (Wildman–Crippen MR) is 74.9 cm³/mol. The van der Waals surface area contributed by atoms with Gasteiger partial charge < -0.3 is 14.7 Å². The Morgan fingerprint density at radius 1 is 1.50 bits per heavy atom. The minimum Gasteiger partial charge on any atom is -0.492 e. The Morgan fingerprint density at radius 3 is 2.83 bits per heavy atom. The third-order valence-corrected chi connectivity index (χ3v) is 2.67. The fourth-order valence-electron chi connectivity index (χ4n) is 1.28. The predicted octanol–water partition coefficient (Wildman–Crippen LogP) is 2.49. The second-order valence-corrected chi connectivity index (χ2v) is 4.92. The first-order chi connectivity index (χ1) is 8.49. The molecule has 5 heteroatoms. The maximum atomic E-state index is 10.5. The molecule has 0 unspecified atom stereocenters. The fourth-order valence-corrected chi connectivity index (χ4v) is 1.66. The molecule has 0 saturated carbocycles. The number of ether oxygens (including phenoxy) is 1. The topological polar surface area (TPSA) is 49.8 Å². The lowest BCUT2D eigenvalue weighted by Crippen LogP contribution is -2.19. The van der Waals surface area contributed by atoms with Crippen molar-refractivity contribution in [2.45, 2.75) is 0 Å². The molecule has 0 amide bonds. The van der Waals surface area contributed by atoms with Crippen LogP contribution in [0.15, 0.2) is 28.7 Å². The van der Waals surface area contributed by atoms with Crippen LogP contribution in [0.3, 0.4) is 0 Å². The van der Waals surface area contributed by atoms with Crippen LogP contribution in [0.5, 0.6) is 5.75 Å². The van der Waals surface area contributed by atoms with E-state index >= 15 is 0 Å². The summed E-state index contributed by atoms with van der Waals surface area (Å²) in [5.41, 5.74) is 0.741. The number of hydrogen-bond donors (Lipinski definition) is 1. The summed E-state index contributed by atoms with van der Waals surface area (Å²) in [4.78, 5) is 12.5. The molecule has 0 heterocycles. The van der Waals surface area contributed by atoms with Crippen LogP contribution in [0.2, 0.25) is 0 Å². The van der Waals surface area contributed by atoms with Crippen molar-refractivity contribution >= 4 is 28.0 Å². The van der Waals surface area contributed by atoms with Gasteiger partial charge in [0, 0.05) is 22.7 Å². The van der Waals surface area contributed by atoms with E-state index in [1.54, 1.807) is 0 Å². The molecular formula is C13H16BrNO3. The van der Waals surface area contributed by atoms with Crippen LogP contribution in [-0.2, 0) is 4.79 Å². The summed E-state index contributed by atoms with van der Waals surface area (Å²) in [5, 5.41) is 8.64. The first-order valence-corrected chi connectivity index (χ1v) is 6.26. The van der Waals surface area contributed by atoms with Crippen LogP contribution in [0.4, 0.5) is 0 Å². The molecule has 1 aromatic carbocycles. The van der Waals surface area contributed by atoms with Crippen LogP contribution in [0.1, 0.15) is 5.56 Å². The number of benzene rings is 1. The maximum absolute atomic E-state index is 10.5. The summed E-state index contributed by atoms with van der Waals surface area (Å²) >= 11 is 3.35. The molecular weight excluding hydrogens is 298 g/mol. The standard InChI is InChI=1S/C13H16BrNO3/c1-15(2)7-8-18-12-5-4-11(14)9-10(12)3-6-13(16)17/h3-6,9H,7-8H2,1-2H3,(H,16,17). The van der Waals surface area contributed by atoms with Gasteiger partial charge in [0.15, 0.2) is 0 Å². The van der Waals surface area contributed by atoms with Gasteiger partial charge in [-0.25, -0.2) is 4.79 Å². The minimum atomic E-state index is -0.978. The molecule has 0 saturated heterocycles. The molecule has 0 spiro atoms. The monoisotopic (exact) mass is 313 g/mol. The lowest BCUT2D eigenvalue weighted by Gasteiger charge is -2.13. The molecule has 0 aliphatic rings. The number of halogens is 1. The summed E-state index contributed by atoms with van der Waals surface area (Å²) in [6.45, 7) is 1.36. The minimum absolute atomic E-state index is 0.558. The smallest absolute Gasteiger partial charge is 0.328 e. The van der Waals surface area contributed by atoms with Gasteiger partial charge in [-0.2, -0.15) is 0 Å². The number of aliphatic carboxylic acids is 1. The average molecular weight is 314 g/mol. The van der Waals surface area contributed by atoms with Gasteiger partial charge >= 0.3 is 5.97 Å². The van der Waals surface area contributed by atoms with Gasteiger partial charge in [-0.15, -0.1) is 0 Å². The summed E-state index contributed by atoms with van der Waals surface area (Å²) in [6, 6.07) is 5.51. The summed E-state index contributed by atoms with van der Waals surface area (Å²) in [6.07, 6.45) is 2.62. The molecule has 0 aromatic heterocycles. The van der Waals surface area contributed by atoms with Crippen LogP contribution in [-0.4, -0.2) is 43.2 Å². The molecule has 0 aliphatic heterocycles. The Labute approximate surface area is 115 Å². The first kappa shape index (κ1) is 14.7. The number of rotatable bonds is 6. The average Bonchev–Trinajstić information content (AvgIpc) is 2.28. The van der Waals surface area contributed by atoms with E-state index < -0.39 is 5.97 Å². The molecule has 1 aromatic rings. The Hall–Kier alpha value is -1.33. The van der Waals surface area contributed by atoms with E-state index in [0.717, 1.165) is 22.7 Å². The van der Waals surface area contributed by atoms with Gasteiger partial charge in [0.1, 0.15) is 12.4 Å². The van der Waals surface area contributed by atoms with Crippen molar-refractivity contribution in [1.29, 1.82) is 0 Å². The number of carbonyl (C=O) groups is 1. The van der Waals surface area contributed by atoms with Crippen molar-refractivity contribution in [3.8, 4) is 5.75 Å². The van der Waals surface area contributed by atoms with Crippen molar-refractivity contribution in [2.24, 2.45) is 0 Å². The van der Waals surface area contributed by atoms with Crippen molar-refractivity contribution in [3.05, 3.63) is 34.3 Å². The third kappa shape index (κ3) is 5.33. The van der Waals surface area contributed by atoms with Crippen molar-refractivity contribution in [3.63, 3.8) is 0 Å². The molecule has 18 heavy (non-hydrogen) atoms. The summed E-state index contributed by atoms with van der Waals surface area (Å²) in [5.74, 6) is -0.299. The normalized spacial score (nSPS) is 11.1. The number of carboxylic acids is 1. The lowest BCUT2D eigenvalue weighted by molar-refractivity contribution is -0.131. The van der Waals surface area contributed by atoms with Crippen molar-refractivity contribution in [2.75, 3.05) is 27.2 Å². The number of nitrogens with zero attached hydrogens (tertiary/aromatic N) is 1. The summed E-state index contributed by atoms with van der Waals surface area (Å²) < 4.78 is 6.51. The van der Waals surface area contributed by atoms with E-state index in [1.165, 1.54) is 6.08 Å². The molecule has 0 bridgehead atoms. The second kappa shape index (κ2) is 7.18. The van der Waals surface area contributed by atoms with Crippen LogP contribution < -0.4 is 4.74 Å². The fraction of sp³-hybridized carbons (Fsp3) is 0.308. The van der Waals surface area contributed by atoms with Gasteiger partial charge in [-0.1, -0.05) is 15.9 Å². The zero-order valence-electron chi connectivity index (χ0n) is 10.4. The van der Waals surface area contributed by atoms with Gasteiger partial charge in [0.2, 0.25) is 0 Å². The Morgan fingerprint density at radius 2 is 2.22 bits per heavy atom. The maximum Gasteiger partial charge on any atom is 0.328 e. The Kier molecular flexibility index (Phi) is 5.88. The Balaban J connectivity index is 2.79. The largest absolute Gasteiger partial charge is 0.492 e. The van der Waals surface area contributed by atoms with E-state index in [4.69, 9.17) is 9.84 Å². The van der Waals surface area contributed by atoms with Gasteiger partial charge in [-0.3, -0.25) is 0 Å². The molecule has 1 N–H and O–H groups in total. The Bertz CT molecular complexity index is 444. The molecule has 0 radical (unpaired) electrons. The third-order valence-electron chi connectivity index (χ3n) is 2.17. The molecule has 4 nitrogen and oxygen atoms in total. The molecule has 0 atom stereocenters. The second-order valence-electron chi connectivity index (χ2n) is 4.01. The zero-order valence-corrected chi connectivity index (χ0v) is 12.0. The van der Waals surface area contributed by atoms with Crippen LogP contribution in [0.25, 0.3) is 6.08 Å². The highest BCUT2D eigenvalue weighted by molar-refractivity contribution is 9.10. The number of hydrogen-bond acceptors (Lipinski definition) is 3. The quantitative estimate of drug-likeness (QED) is 0.820. The van der Waals surface area contributed by atoms with E-state index in [1.807, 2.05) is 37.2 Å². The number of carboxylic acid groups (broad SMARTS) is 1. The van der Waals surface area contributed by atoms with E-state index in [0.29, 0.717) is 12.4 Å².